The van der Waals surface area contributed by atoms with E-state index < -0.39 is 0 Å². The Kier molecular flexibility index (Phi) is 4.24. The monoisotopic (exact) mass is 210 g/mol. The number of nitrogens with two attached hydrogens (primary N) is 1. The lowest BCUT2D eigenvalue weighted by Gasteiger charge is -2.15. The second-order valence-corrected chi connectivity index (χ2v) is 3.58. The Morgan fingerprint density at radius 3 is 2.87 bits per heavy atom. The number of halogens is 1. The Labute approximate surface area is 88.7 Å². The van der Waals surface area contributed by atoms with Gasteiger partial charge in [-0.25, -0.2) is 4.39 Å². The average Bonchev–Trinajstić information content (AvgIpc) is 2.15. The summed E-state index contributed by atoms with van der Waals surface area (Å²) in [6, 6.07) is 6.42. The van der Waals surface area contributed by atoms with Crippen molar-refractivity contribution >= 4 is 5.91 Å². The third-order valence-corrected chi connectivity index (χ3v) is 2.08. The van der Waals surface area contributed by atoms with Gasteiger partial charge in [-0.3, -0.25) is 4.79 Å². The van der Waals surface area contributed by atoms with E-state index in [1.807, 2.05) is 18.0 Å². The van der Waals surface area contributed by atoms with E-state index in [1.54, 1.807) is 6.07 Å². The molecule has 82 valence electrons. The zero-order chi connectivity index (χ0) is 11.3. The highest BCUT2D eigenvalue weighted by Crippen LogP contribution is 2.06. The molecule has 0 radical (unpaired) electrons. The molecule has 0 heterocycles. The fourth-order valence-corrected chi connectivity index (χ4v) is 1.33. The quantitative estimate of drug-likeness (QED) is 0.792. The zero-order valence-corrected chi connectivity index (χ0v) is 8.74. The SMILES string of the molecule is CN(CCC(N)=O)Cc1cccc(F)c1. The van der Waals surface area contributed by atoms with Crippen molar-refractivity contribution in [1.29, 1.82) is 0 Å². The predicted octanol–water partition coefficient (Wildman–Crippen LogP) is 1.13. The number of primary amides is 1. The summed E-state index contributed by atoms with van der Waals surface area (Å²) in [7, 11) is 1.87. The van der Waals surface area contributed by atoms with Crippen LogP contribution in [0.1, 0.15) is 12.0 Å². The molecular weight excluding hydrogens is 195 g/mol. The molecule has 0 saturated heterocycles. The first kappa shape index (κ1) is 11.7. The minimum atomic E-state index is -0.318. The van der Waals surface area contributed by atoms with Gasteiger partial charge in [0.2, 0.25) is 5.91 Å². The lowest BCUT2D eigenvalue weighted by Crippen LogP contribution is -2.24. The molecule has 2 N–H and O–H groups in total. The van der Waals surface area contributed by atoms with E-state index >= 15 is 0 Å². The van der Waals surface area contributed by atoms with E-state index in [4.69, 9.17) is 5.73 Å². The van der Waals surface area contributed by atoms with Gasteiger partial charge < -0.3 is 10.6 Å². The smallest absolute Gasteiger partial charge is 0.218 e. The molecule has 0 aliphatic rings. The number of amides is 1. The predicted molar refractivity (Wildman–Crippen MR) is 56.5 cm³/mol. The maximum atomic E-state index is 12.8. The zero-order valence-electron chi connectivity index (χ0n) is 8.74. The molecule has 0 aliphatic carbocycles. The number of hydrogen-bond acceptors (Lipinski definition) is 2. The highest BCUT2D eigenvalue weighted by Gasteiger charge is 2.02. The number of carbonyl (C=O) groups is 1. The van der Waals surface area contributed by atoms with Crippen LogP contribution >= 0.6 is 0 Å². The third-order valence-electron chi connectivity index (χ3n) is 2.08. The van der Waals surface area contributed by atoms with Crippen molar-refractivity contribution in [3.63, 3.8) is 0 Å². The Morgan fingerprint density at radius 2 is 2.27 bits per heavy atom. The molecule has 0 saturated carbocycles. The van der Waals surface area contributed by atoms with Crippen molar-refractivity contribution in [2.24, 2.45) is 5.73 Å². The van der Waals surface area contributed by atoms with Crippen LogP contribution in [0.5, 0.6) is 0 Å². The molecule has 4 heteroatoms. The number of hydrogen-bond donors (Lipinski definition) is 1. The number of benzene rings is 1. The van der Waals surface area contributed by atoms with Gasteiger partial charge in [-0.1, -0.05) is 12.1 Å². The largest absolute Gasteiger partial charge is 0.370 e. The molecule has 0 aliphatic heterocycles. The summed E-state index contributed by atoms with van der Waals surface area (Å²) in [6.45, 7) is 1.21. The average molecular weight is 210 g/mol. The topological polar surface area (TPSA) is 46.3 Å². The van der Waals surface area contributed by atoms with Crippen LogP contribution in [0.15, 0.2) is 24.3 Å². The van der Waals surface area contributed by atoms with Gasteiger partial charge in [0, 0.05) is 19.5 Å². The van der Waals surface area contributed by atoms with Crippen LogP contribution in [-0.4, -0.2) is 24.4 Å². The second-order valence-electron chi connectivity index (χ2n) is 3.58. The van der Waals surface area contributed by atoms with Crippen molar-refractivity contribution in [2.75, 3.05) is 13.6 Å². The molecule has 1 aromatic carbocycles. The molecule has 0 unspecified atom stereocenters. The summed E-state index contributed by atoms with van der Waals surface area (Å²) in [5, 5.41) is 0. The molecule has 0 aromatic heterocycles. The minimum absolute atomic E-state index is 0.240. The van der Waals surface area contributed by atoms with Gasteiger partial charge in [-0.15, -0.1) is 0 Å². The van der Waals surface area contributed by atoms with Gasteiger partial charge in [-0.05, 0) is 24.7 Å². The van der Waals surface area contributed by atoms with Crippen molar-refractivity contribution in [3.05, 3.63) is 35.6 Å². The van der Waals surface area contributed by atoms with Gasteiger partial charge in [-0.2, -0.15) is 0 Å². The Hall–Kier alpha value is -1.42. The highest BCUT2D eigenvalue weighted by atomic mass is 19.1. The van der Waals surface area contributed by atoms with E-state index in [0.29, 0.717) is 19.5 Å². The molecule has 0 atom stereocenters. The fourth-order valence-electron chi connectivity index (χ4n) is 1.33. The molecule has 1 rings (SSSR count). The van der Waals surface area contributed by atoms with E-state index in [9.17, 15) is 9.18 Å². The van der Waals surface area contributed by atoms with Crippen molar-refractivity contribution in [2.45, 2.75) is 13.0 Å². The van der Waals surface area contributed by atoms with Crippen molar-refractivity contribution in [1.82, 2.24) is 4.90 Å². The van der Waals surface area contributed by atoms with Crippen LogP contribution in [0.2, 0.25) is 0 Å². The van der Waals surface area contributed by atoms with Gasteiger partial charge in [0.25, 0.3) is 0 Å². The second kappa shape index (κ2) is 5.46. The minimum Gasteiger partial charge on any atom is -0.370 e. The van der Waals surface area contributed by atoms with E-state index in [-0.39, 0.29) is 11.7 Å². The van der Waals surface area contributed by atoms with Crippen molar-refractivity contribution in [3.8, 4) is 0 Å². The van der Waals surface area contributed by atoms with Gasteiger partial charge in [0.05, 0.1) is 0 Å². The lowest BCUT2D eigenvalue weighted by atomic mass is 10.2. The normalized spacial score (nSPS) is 10.6. The van der Waals surface area contributed by atoms with Gasteiger partial charge in [0.15, 0.2) is 0 Å². The van der Waals surface area contributed by atoms with E-state index in [1.165, 1.54) is 12.1 Å². The van der Waals surface area contributed by atoms with Crippen LogP contribution in [0.3, 0.4) is 0 Å². The standard InChI is InChI=1S/C11H15FN2O/c1-14(6-5-11(13)15)8-9-3-2-4-10(12)7-9/h2-4,7H,5-6,8H2,1H3,(H2,13,15). The Morgan fingerprint density at radius 1 is 1.53 bits per heavy atom. The van der Waals surface area contributed by atoms with Crippen LogP contribution in [0, 0.1) is 5.82 Å². The maximum Gasteiger partial charge on any atom is 0.218 e. The molecular formula is C11H15FN2O. The highest BCUT2D eigenvalue weighted by molar-refractivity contribution is 5.73. The first-order chi connectivity index (χ1) is 7.08. The summed E-state index contributed by atoms with van der Waals surface area (Å²) >= 11 is 0. The summed E-state index contributed by atoms with van der Waals surface area (Å²) in [5.74, 6) is -0.558. The summed E-state index contributed by atoms with van der Waals surface area (Å²) in [4.78, 5) is 12.5. The summed E-state index contributed by atoms with van der Waals surface area (Å²) in [6.07, 6.45) is 0.325. The maximum absolute atomic E-state index is 12.8. The van der Waals surface area contributed by atoms with E-state index in [0.717, 1.165) is 5.56 Å². The fraction of sp³-hybridized carbons (Fsp3) is 0.364. The first-order valence-corrected chi connectivity index (χ1v) is 4.79. The van der Waals surface area contributed by atoms with Crippen LogP contribution in [0.4, 0.5) is 4.39 Å². The van der Waals surface area contributed by atoms with Gasteiger partial charge >= 0.3 is 0 Å². The number of rotatable bonds is 5. The van der Waals surface area contributed by atoms with Crippen molar-refractivity contribution < 1.29 is 9.18 Å². The number of carbonyl (C=O) groups excluding carboxylic acids is 1. The Balaban J connectivity index is 2.44. The van der Waals surface area contributed by atoms with Gasteiger partial charge in [0.1, 0.15) is 5.82 Å². The molecule has 3 nitrogen and oxygen atoms in total. The molecule has 15 heavy (non-hydrogen) atoms. The van der Waals surface area contributed by atoms with Crippen LogP contribution < -0.4 is 5.73 Å². The number of nitrogens with zero attached hydrogens (tertiary/aromatic N) is 1. The molecule has 0 fully saturated rings. The van der Waals surface area contributed by atoms with Crippen LogP contribution in [0.25, 0.3) is 0 Å². The first-order valence-electron chi connectivity index (χ1n) is 4.79. The lowest BCUT2D eigenvalue weighted by molar-refractivity contribution is -0.118. The molecule has 0 bridgehead atoms. The molecule has 1 aromatic rings. The summed E-state index contributed by atoms with van der Waals surface area (Å²) in [5.41, 5.74) is 5.92. The third kappa shape index (κ3) is 4.56. The Bertz CT molecular complexity index is 341. The van der Waals surface area contributed by atoms with Crippen LogP contribution in [-0.2, 0) is 11.3 Å². The van der Waals surface area contributed by atoms with E-state index in [2.05, 4.69) is 0 Å². The molecule has 1 amide bonds. The molecule has 0 spiro atoms. The summed E-state index contributed by atoms with van der Waals surface area (Å²) < 4.78 is 12.8.